The molecule has 0 N–H and O–H groups in total. The van der Waals surface area contributed by atoms with Crippen molar-refractivity contribution in [3.8, 4) is 11.5 Å². The predicted molar refractivity (Wildman–Crippen MR) is 56.9 cm³/mol. The molecule has 2 nitrogen and oxygen atoms in total. The van der Waals surface area contributed by atoms with Gasteiger partial charge in [-0.15, -0.1) is 0 Å². The molecule has 0 saturated carbocycles. The molecule has 0 spiro atoms. The molecule has 0 amide bonds. The van der Waals surface area contributed by atoms with Crippen LogP contribution in [-0.4, -0.2) is 20.6 Å². The van der Waals surface area contributed by atoms with Crippen LogP contribution < -0.4 is 60.9 Å². The summed E-state index contributed by atoms with van der Waals surface area (Å²) in [7, 11) is 1.40. The predicted octanol–water partition coefficient (Wildman–Crippen LogP) is 0.0270. The van der Waals surface area contributed by atoms with Crippen molar-refractivity contribution in [2.24, 2.45) is 0 Å². The second kappa shape index (κ2) is 7.68. The Morgan fingerprint density at radius 1 is 1.18 bits per heavy atom. The van der Waals surface area contributed by atoms with E-state index in [1.807, 2.05) is 6.92 Å². The summed E-state index contributed by atoms with van der Waals surface area (Å²) >= 11 is 0. The summed E-state index contributed by atoms with van der Waals surface area (Å²) < 4.78 is 45.7. The fourth-order valence-electron chi connectivity index (χ4n) is 1.24. The Balaban J connectivity index is 0.00000256. The normalized spacial score (nSPS) is 10.6. The maximum atomic E-state index is 12.0. The van der Waals surface area contributed by atoms with Gasteiger partial charge in [-0.25, -0.2) is 0 Å². The van der Waals surface area contributed by atoms with Crippen molar-refractivity contribution in [3.63, 3.8) is 0 Å². The molecule has 0 aliphatic carbocycles. The molecule has 0 aliphatic heterocycles. The van der Waals surface area contributed by atoms with Crippen molar-refractivity contribution in [2.45, 2.75) is 13.3 Å². The average molecular weight is 272 g/mol. The van der Waals surface area contributed by atoms with Gasteiger partial charge in [0, 0.05) is 0 Å². The van der Waals surface area contributed by atoms with Crippen LogP contribution in [0.1, 0.15) is 12.5 Å². The molecule has 0 aliphatic rings. The first-order valence-electron chi connectivity index (χ1n) is 4.97. The third kappa shape index (κ3) is 6.15. The van der Waals surface area contributed by atoms with Crippen LogP contribution in [-0.2, 0) is 6.42 Å². The molecule has 1 rings (SSSR count). The molecule has 1 aromatic rings. The van der Waals surface area contributed by atoms with Gasteiger partial charge in [0.1, 0.15) is 0 Å². The van der Waals surface area contributed by atoms with E-state index in [2.05, 4.69) is 4.74 Å². The van der Waals surface area contributed by atoms with Crippen LogP contribution in [0.25, 0.3) is 0 Å². The van der Waals surface area contributed by atoms with Gasteiger partial charge in [0.25, 0.3) is 0 Å². The Labute approximate surface area is 141 Å². The monoisotopic (exact) mass is 272 g/mol. The van der Waals surface area contributed by atoms with E-state index < -0.39 is 13.5 Å². The summed E-state index contributed by atoms with van der Waals surface area (Å²) in [6, 6.07) is 4.90. The molecule has 0 unspecified atom stereocenters. The molecule has 0 bridgehead atoms. The number of halogens is 3. The summed E-state index contributed by atoms with van der Waals surface area (Å²) in [6.07, 6.45) is 0.792. The maximum absolute atomic E-state index is 12.0. The molecule has 0 radical (unpaired) electrons. The standard InChI is InChI=1S/C10H13BF3O2.K/c1-3-8-4-5-9(10(6-8)15-2)16-7-11(12,13)14;/h4-6H,3,7H2,1-2H3;/q-1;+1. The van der Waals surface area contributed by atoms with Gasteiger partial charge >= 0.3 is 58.4 Å². The van der Waals surface area contributed by atoms with E-state index >= 15 is 0 Å². The van der Waals surface area contributed by atoms with E-state index in [0.717, 1.165) is 12.0 Å². The number of rotatable bonds is 5. The van der Waals surface area contributed by atoms with Crippen LogP contribution in [0.4, 0.5) is 12.9 Å². The van der Waals surface area contributed by atoms with Gasteiger partial charge in [-0.1, -0.05) is 13.0 Å². The van der Waals surface area contributed by atoms with E-state index in [4.69, 9.17) is 4.74 Å². The van der Waals surface area contributed by atoms with E-state index in [1.54, 1.807) is 12.1 Å². The fourth-order valence-corrected chi connectivity index (χ4v) is 1.24. The number of ether oxygens (including phenoxy) is 2. The van der Waals surface area contributed by atoms with Crippen molar-refractivity contribution in [1.82, 2.24) is 0 Å². The molecule has 7 heteroatoms. The van der Waals surface area contributed by atoms with Crippen LogP contribution in [0.3, 0.4) is 0 Å². The van der Waals surface area contributed by atoms with Gasteiger partial charge in [0.15, 0.2) is 11.5 Å². The summed E-state index contributed by atoms with van der Waals surface area (Å²) in [5.74, 6) is 0.457. The number of hydrogen-bond acceptors (Lipinski definition) is 2. The molecular formula is C10H13BF3KO2. The van der Waals surface area contributed by atoms with Gasteiger partial charge in [-0.05, 0) is 24.1 Å². The summed E-state index contributed by atoms with van der Waals surface area (Å²) in [5, 5.41) is 0. The number of aryl methyl sites for hydroxylation is 1. The zero-order valence-electron chi connectivity index (χ0n) is 10.2. The van der Waals surface area contributed by atoms with Crippen LogP contribution in [0.15, 0.2) is 18.2 Å². The number of hydrogen-bond donors (Lipinski definition) is 0. The topological polar surface area (TPSA) is 18.5 Å². The van der Waals surface area contributed by atoms with Gasteiger partial charge in [-0.2, -0.15) is 0 Å². The van der Waals surface area contributed by atoms with Gasteiger partial charge in [-0.3, -0.25) is 0 Å². The molecule has 0 fully saturated rings. The van der Waals surface area contributed by atoms with Gasteiger partial charge in [0.05, 0.1) is 13.6 Å². The van der Waals surface area contributed by atoms with Crippen LogP contribution >= 0.6 is 0 Å². The van der Waals surface area contributed by atoms with Crippen LogP contribution in [0.5, 0.6) is 11.5 Å². The second-order valence-corrected chi connectivity index (χ2v) is 3.36. The first-order chi connectivity index (χ1) is 7.46. The van der Waals surface area contributed by atoms with Crippen molar-refractivity contribution in [2.75, 3.05) is 13.6 Å². The van der Waals surface area contributed by atoms with E-state index in [-0.39, 0.29) is 57.1 Å². The largest absolute Gasteiger partial charge is 1.00 e. The first kappa shape index (κ1) is 17.3. The molecule has 90 valence electrons. The summed E-state index contributed by atoms with van der Waals surface area (Å²) in [5.41, 5.74) is 0.988. The number of methoxy groups -OCH3 is 1. The quantitative estimate of drug-likeness (QED) is 0.704. The zero-order valence-corrected chi connectivity index (χ0v) is 13.3. The maximum Gasteiger partial charge on any atom is 1.00 e. The molecule has 1 aromatic carbocycles. The third-order valence-electron chi connectivity index (χ3n) is 2.06. The van der Waals surface area contributed by atoms with Gasteiger partial charge < -0.3 is 22.4 Å². The number of benzene rings is 1. The van der Waals surface area contributed by atoms with Gasteiger partial charge in [0.2, 0.25) is 0 Å². The molecule has 0 heterocycles. The van der Waals surface area contributed by atoms with E-state index in [9.17, 15) is 12.9 Å². The molecule has 0 aromatic heterocycles. The second-order valence-electron chi connectivity index (χ2n) is 3.36. The Kier molecular flexibility index (Phi) is 7.82. The fraction of sp³-hybridized carbons (Fsp3) is 0.400. The zero-order chi connectivity index (χ0) is 12.2. The van der Waals surface area contributed by atoms with E-state index in [0.29, 0.717) is 5.75 Å². The molecule has 0 atom stereocenters. The minimum absolute atomic E-state index is 0. The Bertz CT molecular complexity index is 358. The van der Waals surface area contributed by atoms with Crippen molar-refractivity contribution in [1.29, 1.82) is 0 Å². The smallest absolute Gasteiger partial charge is 0.519 e. The molecule has 17 heavy (non-hydrogen) atoms. The van der Waals surface area contributed by atoms with Crippen LogP contribution in [0, 0.1) is 0 Å². The van der Waals surface area contributed by atoms with Crippen molar-refractivity contribution in [3.05, 3.63) is 23.8 Å². The average Bonchev–Trinajstić information content (AvgIpc) is 2.25. The minimum Gasteiger partial charge on any atom is -0.519 e. The van der Waals surface area contributed by atoms with Crippen LogP contribution in [0.2, 0.25) is 0 Å². The minimum atomic E-state index is -4.94. The Morgan fingerprint density at radius 3 is 2.29 bits per heavy atom. The first-order valence-corrected chi connectivity index (χ1v) is 4.97. The summed E-state index contributed by atoms with van der Waals surface area (Å²) in [4.78, 5) is 0. The van der Waals surface area contributed by atoms with Crippen molar-refractivity contribution >= 4 is 6.98 Å². The van der Waals surface area contributed by atoms with E-state index in [1.165, 1.54) is 13.2 Å². The van der Waals surface area contributed by atoms with Crippen molar-refractivity contribution < 1.29 is 73.8 Å². The Morgan fingerprint density at radius 2 is 1.82 bits per heavy atom. The summed E-state index contributed by atoms with van der Waals surface area (Å²) in [6.45, 7) is -4.24. The third-order valence-corrected chi connectivity index (χ3v) is 2.06. The Hall–Kier alpha value is 0.311. The molecular weight excluding hydrogens is 259 g/mol. The molecule has 0 saturated heterocycles. The SMILES string of the molecule is CCc1ccc(OC[B-](F)(F)F)c(OC)c1.[K+].